The Bertz CT molecular complexity index is 922. The quantitative estimate of drug-likeness (QED) is 0.543. The predicted octanol–water partition coefficient (Wildman–Crippen LogP) is 4.47. The molecule has 2 aromatic rings. The molecule has 29 heavy (non-hydrogen) atoms. The summed E-state index contributed by atoms with van der Waals surface area (Å²) in [6.45, 7) is 2.89. The average molecular weight is 407 g/mol. The number of rotatable bonds is 7. The zero-order chi connectivity index (χ0) is 21.6. The number of alkyl halides is 3. The van der Waals surface area contributed by atoms with Crippen molar-refractivity contribution in [3.8, 4) is 0 Å². The van der Waals surface area contributed by atoms with Crippen molar-refractivity contribution < 1.29 is 32.3 Å². The number of Topliss-reactive ketones (excluding diaryl/α,β-unsaturated/α-hetero) is 1. The van der Waals surface area contributed by atoms with Gasteiger partial charge in [0.2, 0.25) is 0 Å². The van der Waals surface area contributed by atoms with E-state index in [2.05, 4.69) is 5.32 Å². The Morgan fingerprint density at radius 2 is 1.69 bits per heavy atom. The summed E-state index contributed by atoms with van der Waals surface area (Å²) in [5.41, 5.74) is 0.790. The van der Waals surface area contributed by atoms with Gasteiger partial charge in [0.25, 0.3) is 5.91 Å². The summed E-state index contributed by atoms with van der Waals surface area (Å²) >= 11 is 0. The number of hydrogen-bond donors (Lipinski definition) is 1. The third kappa shape index (κ3) is 6.44. The number of anilines is 1. The number of ether oxygens (including phenoxy) is 1. The van der Waals surface area contributed by atoms with Crippen molar-refractivity contribution in [1.29, 1.82) is 0 Å². The summed E-state index contributed by atoms with van der Waals surface area (Å²) < 4.78 is 43.5. The van der Waals surface area contributed by atoms with Crippen LogP contribution >= 0.6 is 0 Å². The molecule has 0 spiro atoms. The minimum atomic E-state index is -4.63. The maximum atomic E-state index is 12.9. The molecule has 2 aromatic carbocycles. The Morgan fingerprint density at radius 1 is 1.00 bits per heavy atom. The molecule has 0 aliphatic rings. The van der Waals surface area contributed by atoms with Crippen molar-refractivity contribution in [2.24, 2.45) is 0 Å². The summed E-state index contributed by atoms with van der Waals surface area (Å²) in [4.78, 5) is 35.8. The van der Waals surface area contributed by atoms with Gasteiger partial charge < -0.3 is 10.1 Å². The maximum absolute atomic E-state index is 12.9. The highest BCUT2D eigenvalue weighted by Gasteiger charge is 2.33. The van der Waals surface area contributed by atoms with Gasteiger partial charge >= 0.3 is 12.1 Å². The zero-order valence-corrected chi connectivity index (χ0v) is 15.9. The van der Waals surface area contributed by atoms with Gasteiger partial charge in [-0.1, -0.05) is 29.8 Å². The number of carbonyl (C=O) groups excluding carboxylic acids is 3. The monoisotopic (exact) mass is 407 g/mol. The first-order chi connectivity index (χ1) is 13.6. The number of aryl methyl sites for hydroxylation is 2. The highest BCUT2D eigenvalue weighted by atomic mass is 19.4. The van der Waals surface area contributed by atoms with Gasteiger partial charge in [-0.05, 0) is 37.6 Å². The maximum Gasteiger partial charge on any atom is 0.418 e. The highest BCUT2D eigenvalue weighted by molar-refractivity contribution is 5.99. The standard InChI is InChI=1S/C21H20F3NO4/c1-13-7-8-14(2)15(11-13)18(26)9-10-20(28)29-12-19(27)25-17-6-4-3-5-16(17)21(22,23)24/h3-8,11H,9-10,12H2,1-2H3,(H,25,27). The van der Waals surface area contributed by atoms with Crippen molar-refractivity contribution >= 4 is 23.3 Å². The van der Waals surface area contributed by atoms with Crippen LogP contribution in [-0.2, 0) is 20.5 Å². The van der Waals surface area contributed by atoms with E-state index in [0.717, 1.165) is 23.3 Å². The first-order valence-electron chi connectivity index (χ1n) is 8.80. The number of nitrogens with one attached hydrogen (secondary N) is 1. The lowest BCUT2D eigenvalue weighted by Gasteiger charge is -2.13. The fourth-order valence-corrected chi connectivity index (χ4v) is 2.63. The lowest BCUT2D eigenvalue weighted by atomic mass is 9.99. The minimum absolute atomic E-state index is 0.0956. The number of esters is 1. The van der Waals surface area contributed by atoms with Gasteiger partial charge in [0.05, 0.1) is 17.7 Å². The van der Waals surface area contributed by atoms with E-state index in [0.29, 0.717) is 5.56 Å². The predicted molar refractivity (Wildman–Crippen MR) is 101 cm³/mol. The van der Waals surface area contributed by atoms with Gasteiger partial charge in [-0.25, -0.2) is 0 Å². The van der Waals surface area contributed by atoms with Crippen LogP contribution in [0.2, 0.25) is 0 Å². The number of ketones is 1. The molecule has 0 aliphatic heterocycles. The molecule has 0 heterocycles. The SMILES string of the molecule is Cc1ccc(C)c(C(=O)CCC(=O)OCC(=O)Nc2ccccc2C(F)(F)F)c1. The van der Waals surface area contributed by atoms with Gasteiger partial charge in [-0.3, -0.25) is 14.4 Å². The summed E-state index contributed by atoms with van der Waals surface area (Å²) in [6.07, 6.45) is -4.96. The fourth-order valence-electron chi connectivity index (χ4n) is 2.63. The number of halogens is 3. The molecule has 1 N–H and O–H groups in total. The lowest BCUT2D eigenvalue weighted by Crippen LogP contribution is -2.23. The molecule has 0 aromatic heterocycles. The van der Waals surface area contributed by atoms with Gasteiger partial charge in [0.1, 0.15) is 0 Å². The van der Waals surface area contributed by atoms with Crippen molar-refractivity contribution in [3.05, 3.63) is 64.7 Å². The Morgan fingerprint density at radius 3 is 2.38 bits per heavy atom. The van der Waals surface area contributed by atoms with E-state index in [9.17, 15) is 27.6 Å². The van der Waals surface area contributed by atoms with Crippen LogP contribution in [-0.4, -0.2) is 24.3 Å². The molecular formula is C21H20F3NO4. The molecule has 5 nitrogen and oxygen atoms in total. The molecule has 1 amide bonds. The van der Waals surface area contributed by atoms with Crippen LogP contribution < -0.4 is 5.32 Å². The van der Waals surface area contributed by atoms with Crippen molar-refractivity contribution in [2.75, 3.05) is 11.9 Å². The molecular weight excluding hydrogens is 387 g/mol. The molecule has 0 unspecified atom stereocenters. The molecule has 0 saturated carbocycles. The number of para-hydroxylation sites is 1. The molecule has 0 aliphatic carbocycles. The van der Waals surface area contributed by atoms with Gasteiger partial charge in [-0.15, -0.1) is 0 Å². The van der Waals surface area contributed by atoms with E-state index in [-0.39, 0.29) is 18.6 Å². The highest BCUT2D eigenvalue weighted by Crippen LogP contribution is 2.34. The normalized spacial score (nSPS) is 11.1. The third-order valence-electron chi connectivity index (χ3n) is 4.12. The molecule has 8 heteroatoms. The lowest BCUT2D eigenvalue weighted by molar-refractivity contribution is -0.147. The largest absolute Gasteiger partial charge is 0.456 e. The van der Waals surface area contributed by atoms with Crippen LogP contribution in [0, 0.1) is 13.8 Å². The molecule has 2 rings (SSSR count). The van der Waals surface area contributed by atoms with Crippen molar-refractivity contribution in [1.82, 2.24) is 0 Å². The van der Waals surface area contributed by atoms with Crippen molar-refractivity contribution in [3.63, 3.8) is 0 Å². The van der Waals surface area contributed by atoms with Crippen molar-refractivity contribution in [2.45, 2.75) is 32.9 Å². The Balaban J connectivity index is 1.84. The second-order valence-electron chi connectivity index (χ2n) is 6.49. The summed E-state index contributed by atoms with van der Waals surface area (Å²) in [6, 6.07) is 9.89. The van der Waals surface area contributed by atoms with Crippen LogP contribution in [0.1, 0.15) is 39.9 Å². The fraction of sp³-hybridized carbons (Fsp3) is 0.286. The molecule has 0 atom stereocenters. The first-order valence-corrected chi connectivity index (χ1v) is 8.80. The smallest absolute Gasteiger partial charge is 0.418 e. The van der Waals surface area contributed by atoms with Gasteiger partial charge in [-0.2, -0.15) is 13.2 Å². The molecule has 0 saturated heterocycles. The van der Waals surface area contributed by atoms with E-state index >= 15 is 0 Å². The van der Waals surface area contributed by atoms with Crippen LogP contribution in [0.3, 0.4) is 0 Å². The number of carbonyl (C=O) groups is 3. The zero-order valence-electron chi connectivity index (χ0n) is 15.9. The Hall–Kier alpha value is -3.16. The molecule has 0 radical (unpaired) electrons. The topological polar surface area (TPSA) is 72.5 Å². The second kappa shape index (κ2) is 9.36. The van der Waals surface area contributed by atoms with E-state index < -0.39 is 35.9 Å². The van der Waals surface area contributed by atoms with E-state index in [1.807, 2.05) is 19.1 Å². The Kier molecular flexibility index (Phi) is 7.14. The first kappa shape index (κ1) is 22.1. The summed E-state index contributed by atoms with van der Waals surface area (Å²) in [5.74, 6) is -1.93. The average Bonchev–Trinajstić information content (AvgIpc) is 2.66. The van der Waals surface area contributed by atoms with Crippen LogP contribution in [0.4, 0.5) is 18.9 Å². The minimum Gasteiger partial charge on any atom is -0.456 e. The molecule has 154 valence electrons. The van der Waals surface area contributed by atoms with Gasteiger partial charge in [0, 0.05) is 12.0 Å². The van der Waals surface area contributed by atoms with E-state index in [4.69, 9.17) is 4.74 Å². The third-order valence-corrected chi connectivity index (χ3v) is 4.12. The summed E-state index contributed by atoms with van der Waals surface area (Å²) in [7, 11) is 0. The van der Waals surface area contributed by atoms with Crippen LogP contribution in [0.25, 0.3) is 0 Å². The Labute approximate surface area is 165 Å². The number of hydrogen-bond acceptors (Lipinski definition) is 4. The van der Waals surface area contributed by atoms with Crippen LogP contribution in [0.15, 0.2) is 42.5 Å². The van der Waals surface area contributed by atoms with E-state index in [1.165, 1.54) is 12.1 Å². The van der Waals surface area contributed by atoms with Gasteiger partial charge in [0.15, 0.2) is 12.4 Å². The molecule has 0 bridgehead atoms. The second-order valence-corrected chi connectivity index (χ2v) is 6.49. The molecule has 0 fully saturated rings. The van der Waals surface area contributed by atoms with E-state index in [1.54, 1.807) is 13.0 Å². The number of amides is 1. The van der Waals surface area contributed by atoms with Crippen LogP contribution in [0.5, 0.6) is 0 Å². The number of benzene rings is 2. The summed E-state index contributed by atoms with van der Waals surface area (Å²) in [5, 5.41) is 2.07.